The predicted octanol–water partition coefficient (Wildman–Crippen LogP) is 2.76. The van der Waals surface area contributed by atoms with E-state index in [1.165, 1.54) is 36.4 Å². The lowest BCUT2D eigenvalue weighted by Gasteiger charge is -2.36. The van der Waals surface area contributed by atoms with Gasteiger partial charge in [-0.05, 0) is 56.4 Å². The number of nitrogens with two attached hydrogens (primary N) is 1. The molecule has 0 spiro atoms. The number of aromatic nitrogens is 1. The molecule has 0 aromatic carbocycles. The summed E-state index contributed by atoms with van der Waals surface area (Å²) >= 11 is 1.77. The van der Waals surface area contributed by atoms with Crippen molar-refractivity contribution in [3.63, 3.8) is 0 Å². The Morgan fingerprint density at radius 3 is 2.94 bits per heavy atom. The first-order chi connectivity index (χ1) is 7.72. The first kappa shape index (κ1) is 10.7. The molecule has 0 radical (unpaired) electrons. The monoisotopic (exact) mass is 236 g/mol. The van der Waals surface area contributed by atoms with Crippen molar-refractivity contribution >= 4 is 11.3 Å². The lowest BCUT2D eigenvalue weighted by atomic mass is 9.70. The molecule has 16 heavy (non-hydrogen) atoms. The van der Waals surface area contributed by atoms with Crippen molar-refractivity contribution in [3.8, 4) is 0 Å². The third-order valence-corrected chi connectivity index (χ3v) is 5.53. The van der Waals surface area contributed by atoms with E-state index in [-0.39, 0.29) is 0 Å². The largest absolute Gasteiger partial charge is 0.330 e. The van der Waals surface area contributed by atoms with Crippen LogP contribution in [0, 0.1) is 24.2 Å². The number of hydrogen-bond acceptors (Lipinski definition) is 3. The highest BCUT2D eigenvalue weighted by molar-refractivity contribution is 7.09. The fourth-order valence-electron chi connectivity index (χ4n) is 3.95. The first-order valence-corrected chi connectivity index (χ1v) is 7.21. The van der Waals surface area contributed by atoms with Crippen LogP contribution in [0.2, 0.25) is 0 Å². The highest BCUT2D eigenvalue weighted by atomic mass is 32.1. The second kappa shape index (κ2) is 3.81. The Labute approximate surface area is 101 Å². The van der Waals surface area contributed by atoms with E-state index in [2.05, 4.69) is 17.3 Å². The van der Waals surface area contributed by atoms with Crippen LogP contribution in [0.5, 0.6) is 0 Å². The summed E-state index contributed by atoms with van der Waals surface area (Å²) in [6, 6.07) is 0. The third-order valence-electron chi connectivity index (χ3n) is 4.71. The molecule has 3 unspecified atom stereocenters. The molecule has 3 rings (SSSR count). The second-order valence-corrected chi connectivity index (χ2v) is 6.74. The lowest BCUT2D eigenvalue weighted by Crippen LogP contribution is -2.38. The van der Waals surface area contributed by atoms with Crippen LogP contribution in [0.4, 0.5) is 0 Å². The summed E-state index contributed by atoms with van der Waals surface area (Å²) in [5, 5.41) is 3.41. The van der Waals surface area contributed by atoms with Gasteiger partial charge in [0.2, 0.25) is 0 Å². The predicted molar refractivity (Wildman–Crippen MR) is 67.5 cm³/mol. The SMILES string of the molecule is Cc1nc(CC2(CN)CC3CCC2C3)cs1. The van der Waals surface area contributed by atoms with E-state index in [1.807, 2.05) is 0 Å². The molecule has 3 heteroatoms. The summed E-state index contributed by atoms with van der Waals surface area (Å²) < 4.78 is 0. The molecule has 3 atom stereocenters. The van der Waals surface area contributed by atoms with E-state index in [1.54, 1.807) is 11.3 Å². The van der Waals surface area contributed by atoms with Crippen LogP contribution in [-0.2, 0) is 6.42 Å². The smallest absolute Gasteiger partial charge is 0.0897 e. The normalized spacial score (nSPS) is 37.1. The molecule has 1 aromatic heterocycles. The molecule has 0 saturated heterocycles. The maximum Gasteiger partial charge on any atom is 0.0897 e. The molecular weight excluding hydrogens is 216 g/mol. The van der Waals surface area contributed by atoms with Gasteiger partial charge in [0.25, 0.3) is 0 Å². The molecule has 2 fully saturated rings. The van der Waals surface area contributed by atoms with Gasteiger partial charge in [-0.3, -0.25) is 0 Å². The average Bonchev–Trinajstić information content (AvgIpc) is 2.94. The van der Waals surface area contributed by atoms with Crippen molar-refractivity contribution in [1.29, 1.82) is 0 Å². The number of aryl methyl sites for hydroxylation is 1. The lowest BCUT2D eigenvalue weighted by molar-refractivity contribution is 0.170. The Morgan fingerprint density at radius 1 is 1.56 bits per heavy atom. The van der Waals surface area contributed by atoms with Gasteiger partial charge in [-0.25, -0.2) is 4.98 Å². The second-order valence-electron chi connectivity index (χ2n) is 5.68. The molecule has 2 N–H and O–H groups in total. The molecule has 2 bridgehead atoms. The summed E-state index contributed by atoms with van der Waals surface area (Å²) in [5.74, 6) is 1.85. The fourth-order valence-corrected chi connectivity index (χ4v) is 4.56. The van der Waals surface area contributed by atoms with Crippen molar-refractivity contribution in [2.45, 2.75) is 39.0 Å². The molecule has 0 amide bonds. The Balaban J connectivity index is 1.81. The number of thiazole rings is 1. The van der Waals surface area contributed by atoms with E-state index in [0.29, 0.717) is 5.41 Å². The van der Waals surface area contributed by atoms with E-state index in [4.69, 9.17) is 5.73 Å². The number of hydrogen-bond donors (Lipinski definition) is 1. The van der Waals surface area contributed by atoms with Crippen LogP contribution in [0.15, 0.2) is 5.38 Å². The van der Waals surface area contributed by atoms with Crippen molar-refractivity contribution < 1.29 is 0 Å². The van der Waals surface area contributed by atoms with Crippen LogP contribution in [0.25, 0.3) is 0 Å². The van der Waals surface area contributed by atoms with Crippen LogP contribution >= 0.6 is 11.3 Å². The zero-order chi connectivity index (χ0) is 11.2. The van der Waals surface area contributed by atoms with Crippen LogP contribution < -0.4 is 5.73 Å². The quantitative estimate of drug-likeness (QED) is 0.876. The summed E-state index contributed by atoms with van der Waals surface area (Å²) in [4.78, 5) is 4.61. The highest BCUT2D eigenvalue weighted by Gasteiger charge is 2.50. The standard InChI is InChI=1S/C13H20N2S/c1-9-15-12(7-16-9)6-13(8-14)5-10-2-3-11(13)4-10/h7,10-11H,2-6,8,14H2,1H3. The van der Waals surface area contributed by atoms with Gasteiger partial charge in [0.15, 0.2) is 0 Å². The molecule has 2 saturated carbocycles. The van der Waals surface area contributed by atoms with Crippen molar-refractivity contribution in [2.75, 3.05) is 6.54 Å². The van der Waals surface area contributed by atoms with Gasteiger partial charge >= 0.3 is 0 Å². The van der Waals surface area contributed by atoms with Crippen molar-refractivity contribution in [3.05, 3.63) is 16.1 Å². The number of nitrogens with zero attached hydrogens (tertiary/aromatic N) is 1. The Kier molecular flexibility index (Phi) is 2.55. The molecule has 88 valence electrons. The van der Waals surface area contributed by atoms with Crippen LogP contribution in [0.3, 0.4) is 0 Å². The summed E-state index contributed by atoms with van der Waals surface area (Å²) in [6.07, 6.45) is 6.76. The van der Waals surface area contributed by atoms with Gasteiger partial charge in [-0.1, -0.05) is 6.42 Å². The van der Waals surface area contributed by atoms with Gasteiger partial charge in [-0.15, -0.1) is 11.3 Å². The third kappa shape index (κ3) is 1.61. The van der Waals surface area contributed by atoms with Gasteiger partial charge < -0.3 is 5.73 Å². The van der Waals surface area contributed by atoms with Crippen LogP contribution in [0.1, 0.15) is 36.4 Å². The topological polar surface area (TPSA) is 38.9 Å². The zero-order valence-corrected chi connectivity index (χ0v) is 10.7. The van der Waals surface area contributed by atoms with E-state index in [0.717, 1.165) is 24.8 Å². The summed E-state index contributed by atoms with van der Waals surface area (Å²) in [6.45, 7) is 2.94. The molecule has 0 aliphatic heterocycles. The average molecular weight is 236 g/mol. The molecular formula is C13H20N2S. The van der Waals surface area contributed by atoms with Crippen molar-refractivity contribution in [2.24, 2.45) is 23.0 Å². The summed E-state index contributed by atoms with van der Waals surface area (Å²) in [7, 11) is 0. The van der Waals surface area contributed by atoms with Gasteiger partial charge in [0.1, 0.15) is 0 Å². The Morgan fingerprint density at radius 2 is 2.44 bits per heavy atom. The maximum atomic E-state index is 6.09. The molecule has 1 aromatic rings. The minimum absolute atomic E-state index is 0.392. The van der Waals surface area contributed by atoms with E-state index in [9.17, 15) is 0 Å². The molecule has 1 heterocycles. The Bertz CT molecular complexity index is 387. The van der Waals surface area contributed by atoms with Gasteiger partial charge in [0, 0.05) is 5.38 Å². The number of rotatable bonds is 3. The Hall–Kier alpha value is -0.410. The van der Waals surface area contributed by atoms with Gasteiger partial charge in [-0.2, -0.15) is 0 Å². The number of fused-ring (bicyclic) bond motifs is 2. The summed E-state index contributed by atoms with van der Waals surface area (Å²) in [5.41, 5.74) is 7.76. The molecule has 2 aliphatic carbocycles. The van der Waals surface area contributed by atoms with E-state index >= 15 is 0 Å². The fraction of sp³-hybridized carbons (Fsp3) is 0.769. The minimum atomic E-state index is 0.392. The first-order valence-electron chi connectivity index (χ1n) is 6.33. The minimum Gasteiger partial charge on any atom is -0.330 e. The maximum absolute atomic E-state index is 6.09. The van der Waals surface area contributed by atoms with E-state index < -0.39 is 0 Å². The molecule has 2 aliphatic rings. The van der Waals surface area contributed by atoms with Crippen molar-refractivity contribution in [1.82, 2.24) is 4.98 Å². The van der Waals surface area contributed by atoms with Gasteiger partial charge in [0.05, 0.1) is 10.7 Å². The molecule has 2 nitrogen and oxygen atoms in total. The highest BCUT2D eigenvalue weighted by Crippen LogP contribution is 2.56. The zero-order valence-electron chi connectivity index (χ0n) is 9.91. The van der Waals surface area contributed by atoms with Crippen LogP contribution in [-0.4, -0.2) is 11.5 Å².